The average molecular weight is 615 g/mol. The van der Waals surface area contributed by atoms with Crippen molar-refractivity contribution in [2.45, 2.75) is 83.9 Å². The summed E-state index contributed by atoms with van der Waals surface area (Å²) in [5.41, 5.74) is 4.30. The molecule has 17 heteroatoms. The van der Waals surface area contributed by atoms with Crippen LogP contribution in [0.15, 0.2) is 6.33 Å². The maximum atomic E-state index is 13.3. The fraction of sp³-hybridized carbons (Fsp3) is 0.760. The minimum absolute atomic E-state index is 0.0343. The summed E-state index contributed by atoms with van der Waals surface area (Å²) in [5, 5.41) is 14.4. The minimum Gasteiger partial charge on any atom is -0.476 e. The van der Waals surface area contributed by atoms with Crippen molar-refractivity contribution in [3.05, 3.63) is 6.33 Å². The van der Waals surface area contributed by atoms with Gasteiger partial charge in [0.25, 0.3) is 0 Å². The topological polar surface area (TPSA) is 201 Å². The highest BCUT2D eigenvalue weighted by molar-refractivity contribution is 7.48. The van der Waals surface area contributed by atoms with Crippen LogP contribution in [0, 0.1) is 5.41 Å². The number of carbonyl (C=O) groups excluding carboxylic acids is 1. The summed E-state index contributed by atoms with van der Waals surface area (Å²) in [6, 6.07) is 0. The van der Waals surface area contributed by atoms with Crippen LogP contribution in [0.1, 0.15) is 54.2 Å². The summed E-state index contributed by atoms with van der Waals surface area (Å²) < 4.78 is 54.5. The monoisotopic (exact) mass is 614 g/mol. The summed E-state index contributed by atoms with van der Waals surface area (Å²) in [5.74, 6) is -0.968. The molecule has 234 valence electrons. The number of phosphoric ester groups is 1. The number of carbonyl (C=O) groups is 1. The molecule has 3 saturated heterocycles. The first-order valence-electron chi connectivity index (χ1n) is 13.8. The minimum atomic E-state index is -4.05. The van der Waals surface area contributed by atoms with E-state index in [4.69, 9.17) is 38.3 Å². The third-order valence-corrected chi connectivity index (χ3v) is 8.76. The Morgan fingerprint density at radius 2 is 2.05 bits per heavy atom. The van der Waals surface area contributed by atoms with Crippen molar-refractivity contribution in [3.8, 4) is 5.88 Å². The standard InChI is InChI=1S/C25H39N6O10P/c1-7-35-20-15-18(29-22(26)30-20)31(13-28-15)21-25(6,33)16-14(39-21)11-38-42(34,41-16)37-10-8-9-27-19(32)17-23(2,3)12-36-24(4,5)40-17/h13-14,16-17,21,33H,7-12H2,1-6H3,(H,27,32)(H2,26,29,30). The smallest absolute Gasteiger partial charge is 0.475 e. The normalized spacial score (nSPS) is 33.8. The van der Waals surface area contributed by atoms with E-state index in [0.717, 1.165) is 0 Å². The molecule has 5 heterocycles. The average Bonchev–Trinajstić information content (AvgIpc) is 3.43. The molecule has 0 radical (unpaired) electrons. The molecule has 16 nitrogen and oxygen atoms in total. The lowest BCUT2D eigenvalue weighted by atomic mass is 9.85. The number of hydrogen-bond acceptors (Lipinski definition) is 14. The molecule has 6 unspecified atom stereocenters. The van der Waals surface area contributed by atoms with Gasteiger partial charge in [0.05, 0.1) is 32.8 Å². The lowest BCUT2D eigenvalue weighted by Crippen LogP contribution is -2.56. The number of ether oxygens (including phenoxy) is 4. The Balaban J connectivity index is 1.18. The van der Waals surface area contributed by atoms with Crippen molar-refractivity contribution in [1.29, 1.82) is 0 Å². The predicted molar refractivity (Wildman–Crippen MR) is 146 cm³/mol. The second-order valence-electron chi connectivity index (χ2n) is 11.8. The van der Waals surface area contributed by atoms with Crippen LogP contribution in [-0.2, 0) is 37.1 Å². The maximum absolute atomic E-state index is 13.3. The largest absolute Gasteiger partial charge is 0.476 e. The molecule has 1 amide bonds. The van der Waals surface area contributed by atoms with E-state index < -0.39 is 49.2 Å². The molecule has 2 aromatic heterocycles. The summed E-state index contributed by atoms with van der Waals surface area (Å²) in [6.07, 6.45) is -1.79. The van der Waals surface area contributed by atoms with E-state index in [1.165, 1.54) is 17.8 Å². The predicted octanol–water partition coefficient (Wildman–Crippen LogP) is 1.68. The molecule has 0 aliphatic carbocycles. The molecule has 6 atom stereocenters. The highest BCUT2D eigenvalue weighted by atomic mass is 31.2. The fourth-order valence-electron chi connectivity index (χ4n) is 5.13. The first kappa shape index (κ1) is 31.0. The van der Waals surface area contributed by atoms with E-state index in [1.54, 1.807) is 20.8 Å². The van der Waals surface area contributed by atoms with Gasteiger partial charge in [0, 0.05) is 12.0 Å². The summed E-state index contributed by atoms with van der Waals surface area (Å²) >= 11 is 0. The van der Waals surface area contributed by atoms with Gasteiger partial charge in [0.1, 0.15) is 23.9 Å². The number of aliphatic hydroxyl groups is 1. The van der Waals surface area contributed by atoms with Gasteiger partial charge in [0.15, 0.2) is 23.2 Å². The van der Waals surface area contributed by atoms with E-state index in [-0.39, 0.29) is 43.1 Å². The number of aromatic nitrogens is 4. The van der Waals surface area contributed by atoms with Gasteiger partial charge < -0.3 is 35.1 Å². The van der Waals surface area contributed by atoms with Gasteiger partial charge in [-0.15, -0.1) is 0 Å². The van der Waals surface area contributed by atoms with Gasteiger partial charge in [-0.25, -0.2) is 9.55 Å². The highest BCUT2D eigenvalue weighted by Crippen LogP contribution is 2.59. The van der Waals surface area contributed by atoms with E-state index in [1.807, 2.05) is 13.8 Å². The molecule has 0 spiro atoms. The zero-order valence-electron chi connectivity index (χ0n) is 24.6. The Kier molecular flexibility index (Phi) is 8.30. The molecule has 3 fully saturated rings. The van der Waals surface area contributed by atoms with Crippen LogP contribution in [-0.4, -0.2) is 93.2 Å². The molecular weight excluding hydrogens is 575 g/mol. The quantitative estimate of drug-likeness (QED) is 0.272. The number of nitrogens with one attached hydrogen (secondary N) is 1. The van der Waals surface area contributed by atoms with Crippen LogP contribution in [0.4, 0.5) is 5.95 Å². The number of nitrogen functional groups attached to an aromatic ring is 1. The summed E-state index contributed by atoms with van der Waals surface area (Å²) in [6.45, 7) is 11.4. The number of fused-ring (bicyclic) bond motifs is 2. The maximum Gasteiger partial charge on any atom is 0.475 e. The first-order valence-corrected chi connectivity index (χ1v) is 15.3. The molecule has 4 N–H and O–H groups in total. The number of phosphoric acid groups is 1. The van der Waals surface area contributed by atoms with Crippen LogP contribution in [0.25, 0.3) is 11.2 Å². The van der Waals surface area contributed by atoms with Gasteiger partial charge in [-0.2, -0.15) is 9.97 Å². The first-order chi connectivity index (χ1) is 19.7. The molecule has 3 aliphatic heterocycles. The van der Waals surface area contributed by atoms with Crippen molar-refractivity contribution in [1.82, 2.24) is 24.8 Å². The van der Waals surface area contributed by atoms with Crippen molar-refractivity contribution >= 4 is 30.8 Å². The Hall–Kier alpha value is -2.43. The lowest BCUT2D eigenvalue weighted by Gasteiger charge is -2.44. The number of amides is 1. The van der Waals surface area contributed by atoms with Crippen LogP contribution in [0.2, 0.25) is 0 Å². The fourth-order valence-corrected chi connectivity index (χ4v) is 6.64. The molecule has 5 rings (SSSR count). The van der Waals surface area contributed by atoms with Crippen molar-refractivity contribution in [3.63, 3.8) is 0 Å². The molecular formula is C25H39N6O10P. The Labute approximate surface area is 243 Å². The zero-order valence-corrected chi connectivity index (χ0v) is 25.5. The Bertz CT molecular complexity index is 1370. The van der Waals surface area contributed by atoms with Crippen molar-refractivity contribution in [2.75, 3.05) is 38.7 Å². The molecule has 0 saturated carbocycles. The van der Waals surface area contributed by atoms with E-state index in [0.29, 0.717) is 25.2 Å². The van der Waals surface area contributed by atoms with Crippen LogP contribution >= 0.6 is 7.82 Å². The number of rotatable bonds is 9. The van der Waals surface area contributed by atoms with E-state index in [9.17, 15) is 14.5 Å². The van der Waals surface area contributed by atoms with Crippen molar-refractivity contribution < 1.29 is 47.0 Å². The van der Waals surface area contributed by atoms with Gasteiger partial charge in [-0.05, 0) is 34.1 Å². The summed E-state index contributed by atoms with van der Waals surface area (Å²) in [4.78, 5) is 25.4. The number of hydrogen-bond donors (Lipinski definition) is 3. The summed E-state index contributed by atoms with van der Waals surface area (Å²) in [7, 11) is -4.05. The second kappa shape index (κ2) is 11.2. The van der Waals surface area contributed by atoms with Gasteiger partial charge in [0.2, 0.25) is 17.7 Å². The SMILES string of the molecule is CCOc1nc(N)nc2c1ncn2C1OC2COP(=O)(OCCCNC(=O)C3OC(C)(C)OCC3(C)C)OC2C1(C)O. The Morgan fingerprint density at radius 1 is 1.29 bits per heavy atom. The molecule has 0 aromatic carbocycles. The van der Waals surface area contributed by atoms with Crippen LogP contribution in [0.3, 0.4) is 0 Å². The Morgan fingerprint density at radius 3 is 2.79 bits per heavy atom. The van der Waals surface area contributed by atoms with Crippen LogP contribution < -0.4 is 15.8 Å². The van der Waals surface area contributed by atoms with E-state index >= 15 is 0 Å². The lowest BCUT2D eigenvalue weighted by molar-refractivity contribution is -0.304. The van der Waals surface area contributed by atoms with Gasteiger partial charge in [-0.1, -0.05) is 13.8 Å². The third-order valence-electron chi connectivity index (χ3n) is 7.31. The van der Waals surface area contributed by atoms with Crippen molar-refractivity contribution in [2.24, 2.45) is 5.41 Å². The van der Waals surface area contributed by atoms with Crippen LogP contribution in [0.5, 0.6) is 5.88 Å². The molecule has 0 bridgehead atoms. The van der Waals surface area contributed by atoms with E-state index in [2.05, 4.69) is 20.3 Å². The number of imidazole rings is 1. The molecule has 2 aromatic rings. The zero-order chi connectivity index (χ0) is 30.5. The number of nitrogens with zero attached hydrogens (tertiary/aromatic N) is 4. The van der Waals surface area contributed by atoms with Gasteiger partial charge in [-0.3, -0.25) is 22.9 Å². The molecule has 42 heavy (non-hydrogen) atoms. The second-order valence-corrected chi connectivity index (χ2v) is 13.4. The van der Waals surface area contributed by atoms with Gasteiger partial charge >= 0.3 is 7.82 Å². The molecule has 3 aliphatic rings. The third kappa shape index (κ3) is 5.99. The highest BCUT2D eigenvalue weighted by Gasteiger charge is 2.60. The number of nitrogens with two attached hydrogens (primary N) is 1. The number of anilines is 1.